The standard InChI is InChI=1S/C18H25BN4O6/c1-11(17(19)28)22-18(29)12(2)21-14(25)6-4-3-5-13(24)20-9-10-23-15(26)7-8-16(23)27/h7-8,11-12H,3-6,9-10H2,1-2H3,(H,20,24)(H,21,25)(H,22,29)/t11-,12-/m0/s1. The van der Waals surface area contributed by atoms with Crippen LogP contribution >= 0.6 is 0 Å². The smallest absolute Gasteiger partial charge is 0.253 e. The average molecular weight is 404 g/mol. The van der Waals surface area contributed by atoms with Crippen LogP contribution in [0.2, 0.25) is 0 Å². The van der Waals surface area contributed by atoms with Crippen molar-refractivity contribution in [3.05, 3.63) is 12.2 Å². The van der Waals surface area contributed by atoms with Crippen LogP contribution in [0.1, 0.15) is 39.5 Å². The lowest BCUT2D eigenvalue weighted by atomic mass is 9.96. The monoisotopic (exact) mass is 404 g/mol. The van der Waals surface area contributed by atoms with Gasteiger partial charge in [0.2, 0.25) is 17.7 Å². The molecule has 2 radical (unpaired) electrons. The highest BCUT2D eigenvalue weighted by Gasteiger charge is 2.22. The first-order valence-electron chi connectivity index (χ1n) is 9.31. The largest absolute Gasteiger partial charge is 0.354 e. The molecule has 0 aliphatic carbocycles. The van der Waals surface area contributed by atoms with E-state index in [1.807, 2.05) is 0 Å². The molecule has 2 atom stereocenters. The zero-order valence-corrected chi connectivity index (χ0v) is 16.5. The SMILES string of the molecule is [B]C(=O)[C@H](C)NC(=O)[C@H](C)NC(=O)CCCCC(=O)NCCN1C(=O)C=CC1=O. The van der Waals surface area contributed by atoms with Crippen molar-refractivity contribution in [2.75, 3.05) is 13.1 Å². The second kappa shape index (κ2) is 11.8. The first-order chi connectivity index (χ1) is 13.6. The molecule has 0 spiro atoms. The zero-order chi connectivity index (χ0) is 22.0. The lowest BCUT2D eigenvalue weighted by Crippen LogP contribution is -2.49. The van der Waals surface area contributed by atoms with Gasteiger partial charge in [-0.25, -0.2) is 0 Å². The third kappa shape index (κ3) is 8.71. The van der Waals surface area contributed by atoms with Crippen molar-refractivity contribution < 1.29 is 28.8 Å². The molecule has 0 fully saturated rings. The molecule has 1 aliphatic heterocycles. The molecule has 0 bridgehead atoms. The molecule has 0 unspecified atom stereocenters. The van der Waals surface area contributed by atoms with E-state index in [9.17, 15) is 28.8 Å². The Labute approximate surface area is 170 Å². The molecular weight excluding hydrogens is 379 g/mol. The summed E-state index contributed by atoms with van der Waals surface area (Å²) in [6.07, 6.45) is 3.59. The van der Waals surface area contributed by atoms with Gasteiger partial charge in [-0.1, -0.05) is 0 Å². The fourth-order valence-corrected chi connectivity index (χ4v) is 2.41. The van der Waals surface area contributed by atoms with Crippen molar-refractivity contribution in [2.45, 2.75) is 51.6 Å². The minimum absolute atomic E-state index is 0.104. The summed E-state index contributed by atoms with van der Waals surface area (Å²) in [7, 11) is 5.06. The van der Waals surface area contributed by atoms with Crippen molar-refractivity contribution in [3.63, 3.8) is 0 Å². The number of rotatable bonds is 12. The van der Waals surface area contributed by atoms with Gasteiger partial charge in [0, 0.05) is 38.1 Å². The van der Waals surface area contributed by atoms with Crippen molar-refractivity contribution in [2.24, 2.45) is 0 Å². The molecule has 0 saturated carbocycles. The summed E-state index contributed by atoms with van der Waals surface area (Å²) in [5, 5.41) is 7.50. The fraction of sp³-hybridized carbons (Fsp3) is 0.556. The Morgan fingerprint density at radius 3 is 2.03 bits per heavy atom. The molecule has 3 N–H and O–H groups in total. The maximum Gasteiger partial charge on any atom is 0.253 e. The summed E-state index contributed by atoms with van der Waals surface area (Å²) in [6.45, 7) is 3.19. The normalized spacial score (nSPS) is 15.0. The van der Waals surface area contributed by atoms with Gasteiger partial charge in [-0.05, 0) is 26.7 Å². The van der Waals surface area contributed by atoms with Gasteiger partial charge < -0.3 is 20.7 Å². The van der Waals surface area contributed by atoms with Crippen LogP contribution in [0.4, 0.5) is 0 Å². The molecule has 10 nitrogen and oxygen atoms in total. The molecule has 5 amide bonds. The Morgan fingerprint density at radius 1 is 0.931 bits per heavy atom. The Kier molecular flexibility index (Phi) is 9.77. The average Bonchev–Trinajstić information content (AvgIpc) is 2.97. The molecule has 29 heavy (non-hydrogen) atoms. The highest BCUT2D eigenvalue weighted by molar-refractivity contribution is 6.59. The molecule has 0 aromatic rings. The van der Waals surface area contributed by atoms with E-state index in [-0.39, 0.29) is 37.7 Å². The Bertz CT molecular complexity index is 690. The Balaban J connectivity index is 2.13. The van der Waals surface area contributed by atoms with Gasteiger partial charge in [0.05, 0.1) is 11.7 Å². The third-order valence-corrected chi connectivity index (χ3v) is 4.17. The van der Waals surface area contributed by atoms with E-state index in [1.165, 1.54) is 26.0 Å². The zero-order valence-electron chi connectivity index (χ0n) is 16.5. The van der Waals surface area contributed by atoms with Gasteiger partial charge in [-0.2, -0.15) is 0 Å². The first-order valence-corrected chi connectivity index (χ1v) is 9.31. The molecule has 0 aromatic carbocycles. The number of hydrogen-bond donors (Lipinski definition) is 3. The van der Waals surface area contributed by atoms with Crippen LogP contribution in [-0.4, -0.2) is 73.1 Å². The molecule has 0 saturated heterocycles. The second-order valence-electron chi connectivity index (χ2n) is 6.64. The third-order valence-electron chi connectivity index (χ3n) is 4.17. The van der Waals surface area contributed by atoms with E-state index in [2.05, 4.69) is 16.0 Å². The van der Waals surface area contributed by atoms with Crippen LogP contribution in [-0.2, 0) is 28.8 Å². The van der Waals surface area contributed by atoms with Crippen LogP contribution in [0, 0.1) is 0 Å². The number of imide groups is 1. The molecule has 1 heterocycles. The number of nitrogens with one attached hydrogen (secondary N) is 3. The number of unbranched alkanes of at least 4 members (excludes halogenated alkanes) is 1. The molecule has 1 rings (SSSR count). The van der Waals surface area contributed by atoms with Crippen LogP contribution in [0.15, 0.2) is 12.2 Å². The maximum absolute atomic E-state index is 11.8. The summed E-state index contributed by atoms with van der Waals surface area (Å²) in [5.41, 5.74) is -0.676. The highest BCUT2D eigenvalue weighted by Crippen LogP contribution is 2.03. The van der Waals surface area contributed by atoms with Crippen molar-refractivity contribution in [1.82, 2.24) is 20.9 Å². The maximum atomic E-state index is 11.8. The van der Waals surface area contributed by atoms with E-state index in [4.69, 9.17) is 7.85 Å². The van der Waals surface area contributed by atoms with E-state index < -0.39 is 35.5 Å². The molecule has 1 aliphatic rings. The van der Waals surface area contributed by atoms with Crippen LogP contribution in [0.5, 0.6) is 0 Å². The summed E-state index contributed by atoms with van der Waals surface area (Å²) in [4.78, 5) is 70.1. The molecule has 156 valence electrons. The van der Waals surface area contributed by atoms with Crippen molar-refractivity contribution in [1.29, 1.82) is 0 Å². The summed E-state index contributed by atoms with van der Waals surface area (Å²) in [6, 6.07) is -1.66. The summed E-state index contributed by atoms with van der Waals surface area (Å²) < 4.78 is 0. The predicted molar refractivity (Wildman–Crippen MR) is 103 cm³/mol. The van der Waals surface area contributed by atoms with Gasteiger partial charge in [0.25, 0.3) is 11.8 Å². The first kappa shape index (κ1) is 24.1. The van der Waals surface area contributed by atoms with Gasteiger partial charge in [-0.3, -0.25) is 28.9 Å². The fourth-order valence-electron chi connectivity index (χ4n) is 2.41. The van der Waals surface area contributed by atoms with Gasteiger partial charge in [0.1, 0.15) is 6.04 Å². The molecular formula is C18H25BN4O6. The highest BCUT2D eigenvalue weighted by atomic mass is 16.2. The lowest BCUT2D eigenvalue weighted by Gasteiger charge is -2.17. The number of nitrogens with zero attached hydrogens (tertiary/aromatic N) is 1. The number of carbonyl (C=O) groups is 6. The van der Waals surface area contributed by atoms with E-state index >= 15 is 0 Å². The number of carbonyl (C=O) groups excluding carboxylic acids is 6. The number of hydrogen-bond acceptors (Lipinski definition) is 6. The van der Waals surface area contributed by atoms with Gasteiger partial charge in [-0.15, -0.1) is 0 Å². The number of amides is 5. The van der Waals surface area contributed by atoms with E-state index in [0.717, 1.165) is 4.90 Å². The Hall–Kier alpha value is -2.98. The molecule has 11 heteroatoms. The summed E-state index contributed by atoms with van der Waals surface area (Å²) >= 11 is 0. The summed E-state index contributed by atoms with van der Waals surface area (Å²) in [5.74, 6) is -1.91. The minimum atomic E-state index is -0.835. The van der Waals surface area contributed by atoms with E-state index in [1.54, 1.807) is 0 Å². The topological polar surface area (TPSA) is 142 Å². The van der Waals surface area contributed by atoms with Gasteiger partial charge >= 0.3 is 0 Å². The second-order valence-corrected chi connectivity index (χ2v) is 6.64. The van der Waals surface area contributed by atoms with Crippen LogP contribution < -0.4 is 16.0 Å². The molecule has 0 aromatic heterocycles. The van der Waals surface area contributed by atoms with Gasteiger partial charge in [0.15, 0.2) is 7.85 Å². The Morgan fingerprint density at radius 2 is 1.48 bits per heavy atom. The quantitative estimate of drug-likeness (QED) is 0.201. The van der Waals surface area contributed by atoms with Crippen LogP contribution in [0.3, 0.4) is 0 Å². The van der Waals surface area contributed by atoms with Crippen LogP contribution in [0.25, 0.3) is 0 Å². The van der Waals surface area contributed by atoms with Crippen molar-refractivity contribution in [3.8, 4) is 0 Å². The predicted octanol–water partition coefficient (Wildman–Crippen LogP) is -1.71. The lowest BCUT2D eigenvalue weighted by molar-refractivity contribution is -0.137. The van der Waals surface area contributed by atoms with E-state index in [0.29, 0.717) is 12.8 Å². The minimum Gasteiger partial charge on any atom is -0.354 e. The van der Waals surface area contributed by atoms with Crippen molar-refractivity contribution >= 4 is 43.1 Å².